The van der Waals surface area contributed by atoms with E-state index in [2.05, 4.69) is 14.4 Å². The quantitative estimate of drug-likeness (QED) is 0.745. The number of nitrogens with zero attached hydrogens (tertiary/aromatic N) is 2. The van der Waals surface area contributed by atoms with E-state index in [0.717, 1.165) is 18.4 Å². The van der Waals surface area contributed by atoms with Gasteiger partial charge in [0, 0.05) is 14.1 Å². The van der Waals surface area contributed by atoms with Gasteiger partial charge in [0.2, 0.25) is 5.91 Å². The summed E-state index contributed by atoms with van der Waals surface area (Å²) in [5, 5.41) is 0. The fraction of sp³-hybridized carbons (Fsp3) is 0.500. The second-order valence-electron chi connectivity index (χ2n) is 4.06. The highest BCUT2D eigenvalue weighted by Gasteiger charge is 2.29. The number of methoxy groups -OCH3 is 1. The Morgan fingerprint density at radius 2 is 2.05 bits per heavy atom. The second-order valence-corrected chi connectivity index (χ2v) is 6.82. The molecular formula is C10H15N3O5S2. The van der Waals surface area contributed by atoms with Crippen molar-refractivity contribution in [3.05, 3.63) is 11.2 Å². The Morgan fingerprint density at radius 1 is 1.45 bits per heavy atom. The van der Waals surface area contributed by atoms with Gasteiger partial charge in [-0.25, -0.2) is 18.2 Å². The minimum Gasteiger partial charge on any atom is -0.464 e. The summed E-state index contributed by atoms with van der Waals surface area (Å²) in [6.45, 7) is 1.42. The molecule has 0 aliphatic rings. The second kappa shape index (κ2) is 6.29. The van der Waals surface area contributed by atoms with Crippen LogP contribution in [0.25, 0.3) is 0 Å². The number of ether oxygens (including phenoxy) is 1. The van der Waals surface area contributed by atoms with Crippen LogP contribution in [0.15, 0.2) is 9.72 Å². The molecule has 0 spiro atoms. The number of nitrogens with one attached hydrogen (secondary N) is 1. The fourth-order valence-corrected chi connectivity index (χ4v) is 3.73. The number of carbonyl (C=O) groups is 2. The first-order valence-electron chi connectivity index (χ1n) is 5.46. The number of carbonyl (C=O) groups excluding carboxylic acids is 2. The normalized spacial score (nSPS) is 12.8. The monoisotopic (exact) mass is 321 g/mol. The summed E-state index contributed by atoms with van der Waals surface area (Å²) in [6, 6.07) is -0.956. The molecule has 0 saturated heterocycles. The lowest BCUT2D eigenvalue weighted by atomic mass is 10.3. The summed E-state index contributed by atoms with van der Waals surface area (Å²) in [5.74, 6) is -1.25. The van der Waals surface area contributed by atoms with E-state index >= 15 is 0 Å². The zero-order valence-corrected chi connectivity index (χ0v) is 13.0. The van der Waals surface area contributed by atoms with Crippen LogP contribution < -0.4 is 4.72 Å². The van der Waals surface area contributed by atoms with Gasteiger partial charge in [-0.05, 0) is 6.92 Å². The third-order valence-electron chi connectivity index (χ3n) is 2.30. The van der Waals surface area contributed by atoms with Crippen molar-refractivity contribution in [1.82, 2.24) is 14.6 Å². The molecule has 0 aliphatic carbocycles. The van der Waals surface area contributed by atoms with Gasteiger partial charge in [-0.3, -0.25) is 4.79 Å². The predicted octanol–water partition coefficient (Wildman–Crippen LogP) is -0.315. The van der Waals surface area contributed by atoms with Crippen LogP contribution in [-0.2, 0) is 19.6 Å². The van der Waals surface area contributed by atoms with Gasteiger partial charge in [-0.1, -0.05) is 0 Å². The van der Waals surface area contributed by atoms with Gasteiger partial charge in [0.15, 0.2) is 9.90 Å². The van der Waals surface area contributed by atoms with Crippen LogP contribution in [0.1, 0.15) is 17.4 Å². The molecule has 10 heteroatoms. The largest absolute Gasteiger partial charge is 0.464 e. The Kier molecular flexibility index (Phi) is 5.20. The van der Waals surface area contributed by atoms with Gasteiger partial charge in [0.1, 0.15) is 0 Å². The summed E-state index contributed by atoms with van der Waals surface area (Å²) in [4.78, 5) is 28.0. The molecule has 0 bridgehead atoms. The van der Waals surface area contributed by atoms with Crippen LogP contribution in [0.2, 0.25) is 0 Å². The van der Waals surface area contributed by atoms with E-state index in [1.165, 1.54) is 31.4 Å². The Morgan fingerprint density at radius 3 is 2.55 bits per heavy atom. The number of hydrogen-bond acceptors (Lipinski definition) is 7. The summed E-state index contributed by atoms with van der Waals surface area (Å²) in [5.41, 5.74) is 0.925. The predicted molar refractivity (Wildman–Crippen MR) is 71.9 cm³/mol. The molecule has 1 amide bonds. The van der Waals surface area contributed by atoms with Crippen LogP contribution in [0, 0.1) is 0 Å². The van der Waals surface area contributed by atoms with Crippen LogP contribution in [0.4, 0.5) is 0 Å². The molecule has 0 aliphatic heterocycles. The lowest BCUT2D eigenvalue weighted by Gasteiger charge is -2.17. The molecule has 1 unspecified atom stereocenters. The lowest BCUT2D eigenvalue weighted by Crippen LogP contribution is -2.44. The van der Waals surface area contributed by atoms with Crippen molar-refractivity contribution in [1.29, 1.82) is 0 Å². The van der Waals surface area contributed by atoms with Crippen molar-refractivity contribution in [2.45, 2.75) is 17.2 Å². The topological polar surface area (TPSA) is 106 Å². The number of likely N-dealkylation sites (N-methyl/N-ethyl adjacent to an activating group) is 1. The van der Waals surface area contributed by atoms with Crippen molar-refractivity contribution in [2.24, 2.45) is 0 Å². The van der Waals surface area contributed by atoms with Gasteiger partial charge in [0.25, 0.3) is 10.0 Å². The van der Waals surface area contributed by atoms with Crippen molar-refractivity contribution in [3.8, 4) is 0 Å². The molecule has 1 aromatic rings. The van der Waals surface area contributed by atoms with Crippen LogP contribution >= 0.6 is 11.3 Å². The first kappa shape index (κ1) is 16.5. The van der Waals surface area contributed by atoms with Gasteiger partial charge >= 0.3 is 5.97 Å². The highest BCUT2D eigenvalue weighted by Crippen LogP contribution is 2.20. The molecule has 20 heavy (non-hydrogen) atoms. The summed E-state index contributed by atoms with van der Waals surface area (Å²) < 4.78 is 30.7. The lowest BCUT2D eigenvalue weighted by molar-refractivity contribution is -0.130. The minimum atomic E-state index is -4.02. The third kappa shape index (κ3) is 3.52. The molecule has 0 fully saturated rings. The molecule has 0 aromatic carbocycles. The zero-order chi connectivity index (χ0) is 15.5. The average molecular weight is 321 g/mol. The van der Waals surface area contributed by atoms with Crippen LogP contribution in [-0.4, -0.2) is 57.4 Å². The SMILES string of the molecule is COC(=O)c1ncsc1S(=O)(=O)NC(C)C(=O)N(C)C. The van der Waals surface area contributed by atoms with Crippen molar-refractivity contribution < 1.29 is 22.7 Å². The number of rotatable bonds is 5. The Bertz CT molecular complexity index is 608. The number of hydrogen-bond donors (Lipinski definition) is 1. The smallest absolute Gasteiger partial charge is 0.358 e. The first-order chi connectivity index (χ1) is 9.20. The van der Waals surface area contributed by atoms with Crippen molar-refractivity contribution in [2.75, 3.05) is 21.2 Å². The maximum atomic E-state index is 12.2. The van der Waals surface area contributed by atoms with E-state index in [1.54, 1.807) is 0 Å². The molecule has 1 rings (SSSR count). The Hall–Kier alpha value is -1.52. The molecule has 0 radical (unpaired) electrons. The number of esters is 1. The average Bonchev–Trinajstić information content (AvgIpc) is 2.86. The van der Waals surface area contributed by atoms with Gasteiger partial charge in [-0.15, -0.1) is 11.3 Å². The number of amides is 1. The highest BCUT2D eigenvalue weighted by molar-refractivity contribution is 7.91. The molecule has 112 valence electrons. The number of aromatic nitrogens is 1. The Labute approximate surface area is 120 Å². The van der Waals surface area contributed by atoms with Crippen molar-refractivity contribution in [3.63, 3.8) is 0 Å². The number of sulfonamides is 1. The van der Waals surface area contributed by atoms with E-state index < -0.39 is 27.9 Å². The van der Waals surface area contributed by atoms with E-state index in [0.29, 0.717) is 0 Å². The summed E-state index contributed by atoms with van der Waals surface area (Å²) in [7, 11) is 0.133. The third-order valence-corrected chi connectivity index (χ3v) is 5.21. The highest BCUT2D eigenvalue weighted by atomic mass is 32.2. The maximum absolute atomic E-state index is 12.2. The van der Waals surface area contributed by atoms with Gasteiger partial charge in [0.05, 0.1) is 18.7 Å². The first-order valence-corrected chi connectivity index (χ1v) is 7.82. The van der Waals surface area contributed by atoms with E-state index in [4.69, 9.17) is 0 Å². The van der Waals surface area contributed by atoms with Gasteiger partial charge < -0.3 is 9.64 Å². The van der Waals surface area contributed by atoms with E-state index in [-0.39, 0.29) is 9.90 Å². The van der Waals surface area contributed by atoms with E-state index in [1.807, 2.05) is 0 Å². The Balaban J connectivity index is 3.04. The summed E-state index contributed by atoms with van der Waals surface area (Å²) in [6.07, 6.45) is 0. The summed E-state index contributed by atoms with van der Waals surface area (Å²) >= 11 is 0.775. The molecule has 0 saturated carbocycles. The van der Waals surface area contributed by atoms with Crippen LogP contribution in [0.3, 0.4) is 0 Å². The standard InChI is InChI=1S/C10H15N3O5S2/c1-6(8(14)13(2)3)12-20(16,17)10-7(9(15)18-4)11-5-19-10/h5-6,12H,1-4H3. The molecule has 1 N–H and O–H groups in total. The molecule has 1 aromatic heterocycles. The molecule has 8 nitrogen and oxygen atoms in total. The molecular weight excluding hydrogens is 306 g/mol. The minimum absolute atomic E-state index is 0.275. The molecule has 1 heterocycles. The maximum Gasteiger partial charge on any atom is 0.358 e. The molecule has 1 atom stereocenters. The zero-order valence-electron chi connectivity index (χ0n) is 11.4. The van der Waals surface area contributed by atoms with Crippen LogP contribution in [0.5, 0.6) is 0 Å². The number of thiazole rings is 1. The van der Waals surface area contributed by atoms with Gasteiger partial charge in [-0.2, -0.15) is 4.72 Å². The fourth-order valence-electron chi connectivity index (χ4n) is 1.38. The van der Waals surface area contributed by atoms with E-state index in [9.17, 15) is 18.0 Å². The van der Waals surface area contributed by atoms with Crippen molar-refractivity contribution >= 4 is 33.2 Å².